The smallest absolute Gasteiger partial charge is 0.407 e. The highest BCUT2D eigenvalue weighted by molar-refractivity contribution is 14.1. The van der Waals surface area contributed by atoms with Crippen LogP contribution in [-0.2, 0) is 4.79 Å². The summed E-state index contributed by atoms with van der Waals surface area (Å²) < 4.78 is 7.04. The van der Waals surface area contributed by atoms with Crippen molar-refractivity contribution in [3.05, 3.63) is 111 Å². The van der Waals surface area contributed by atoms with Gasteiger partial charge in [0, 0.05) is 30.3 Å². The molecule has 0 aliphatic carbocycles. The third-order valence-corrected chi connectivity index (χ3v) is 6.70. The van der Waals surface area contributed by atoms with Gasteiger partial charge >= 0.3 is 6.09 Å². The number of rotatable bonds is 11. The number of carbonyl (C=O) groups is 2. The number of likely N-dealkylation sites (N-methyl/N-ethyl adjacent to an activating group) is 1. The molecular weight excluding hydrogens is 591 g/mol. The molecule has 0 aliphatic heterocycles. The predicted molar refractivity (Wildman–Crippen MR) is 161 cm³/mol. The Morgan fingerprint density at radius 1 is 0.895 bits per heavy atom. The molecule has 0 fully saturated rings. The summed E-state index contributed by atoms with van der Waals surface area (Å²) in [6, 6.07) is 26.9. The van der Waals surface area contributed by atoms with E-state index in [0.717, 1.165) is 17.5 Å². The van der Waals surface area contributed by atoms with Crippen LogP contribution in [0, 0.1) is 3.57 Å². The summed E-state index contributed by atoms with van der Waals surface area (Å²) in [4.78, 5) is 25.9. The molecule has 6 nitrogen and oxygen atoms in total. The first-order chi connectivity index (χ1) is 18.3. The number of allylic oxidation sites excluding steroid dienone is 1. The van der Waals surface area contributed by atoms with Crippen LogP contribution in [0.2, 0.25) is 0 Å². The summed E-state index contributed by atoms with van der Waals surface area (Å²) in [5.41, 5.74) is 5.87. The maximum atomic E-state index is 11.7. The van der Waals surface area contributed by atoms with E-state index in [1.807, 2.05) is 30.3 Å². The lowest BCUT2D eigenvalue weighted by molar-refractivity contribution is -0.123. The molecule has 2 amide bonds. The Morgan fingerprint density at radius 2 is 1.50 bits per heavy atom. The van der Waals surface area contributed by atoms with Crippen LogP contribution in [-0.4, -0.2) is 60.7 Å². The van der Waals surface area contributed by atoms with Crippen molar-refractivity contribution in [3.63, 3.8) is 0 Å². The maximum absolute atomic E-state index is 11.7. The van der Waals surface area contributed by atoms with E-state index >= 15 is 0 Å². The molecule has 0 spiro atoms. The van der Waals surface area contributed by atoms with E-state index in [1.54, 1.807) is 20.2 Å². The quantitative estimate of drug-likeness (QED) is 0.147. The highest BCUT2D eigenvalue weighted by atomic mass is 127. The van der Waals surface area contributed by atoms with Gasteiger partial charge < -0.3 is 19.6 Å². The minimum absolute atomic E-state index is 0.112. The number of halogens is 1. The summed E-state index contributed by atoms with van der Waals surface area (Å²) in [6.07, 6.45) is 2.73. The molecule has 0 heterocycles. The van der Waals surface area contributed by atoms with E-state index in [2.05, 4.69) is 78.0 Å². The van der Waals surface area contributed by atoms with Gasteiger partial charge in [0.05, 0.1) is 6.54 Å². The predicted octanol–water partition coefficient (Wildman–Crippen LogP) is 6.66. The number of ether oxygens (including phenoxy) is 1. The lowest BCUT2D eigenvalue weighted by Crippen LogP contribution is -2.33. The van der Waals surface area contributed by atoms with Crippen LogP contribution in [0.4, 0.5) is 4.79 Å². The van der Waals surface area contributed by atoms with Crippen molar-refractivity contribution in [1.29, 1.82) is 0 Å². The van der Waals surface area contributed by atoms with E-state index < -0.39 is 6.09 Å². The number of hydrogen-bond donors (Lipinski definition) is 1. The normalized spacial score (nSPS) is 11.7. The van der Waals surface area contributed by atoms with E-state index in [1.165, 1.54) is 36.2 Å². The first-order valence-corrected chi connectivity index (χ1v) is 13.5. The zero-order chi connectivity index (χ0) is 27.5. The lowest BCUT2D eigenvalue weighted by atomic mass is 9.88. The second kappa shape index (κ2) is 14.4. The van der Waals surface area contributed by atoms with Gasteiger partial charge in [-0.05, 0) is 81.1 Å². The molecule has 7 heteroatoms. The summed E-state index contributed by atoms with van der Waals surface area (Å²) in [5, 5.41) is 9.47. The third kappa shape index (κ3) is 8.21. The van der Waals surface area contributed by atoms with Crippen molar-refractivity contribution in [2.45, 2.75) is 13.3 Å². The highest BCUT2D eigenvalue weighted by Gasteiger charge is 2.14. The van der Waals surface area contributed by atoms with Gasteiger partial charge in [-0.3, -0.25) is 4.79 Å². The van der Waals surface area contributed by atoms with Crippen molar-refractivity contribution in [3.8, 4) is 5.75 Å². The van der Waals surface area contributed by atoms with Gasteiger partial charge in [-0.1, -0.05) is 67.6 Å². The Bertz CT molecular complexity index is 1270. The van der Waals surface area contributed by atoms with Gasteiger partial charge in [-0.2, -0.15) is 0 Å². The number of amides is 2. The molecule has 38 heavy (non-hydrogen) atoms. The first kappa shape index (κ1) is 29.0. The monoisotopic (exact) mass is 624 g/mol. The Labute approximate surface area is 238 Å². The minimum Gasteiger partial charge on any atom is -0.492 e. The van der Waals surface area contributed by atoms with Gasteiger partial charge in [-0.25, -0.2) is 4.79 Å². The topological polar surface area (TPSA) is 70.1 Å². The second-order valence-electron chi connectivity index (χ2n) is 8.82. The summed E-state index contributed by atoms with van der Waals surface area (Å²) in [5.74, 6) is 0.473. The molecule has 0 bridgehead atoms. The molecule has 1 N–H and O–H groups in total. The second-order valence-corrected chi connectivity index (χ2v) is 10.1. The van der Waals surface area contributed by atoms with Gasteiger partial charge in [0.15, 0.2) is 0 Å². The summed E-state index contributed by atoms with van der Waals surface area (Å²) in [6.45, 7) is 2.66. The van der Waals surface area contributed by atoms with Crippen molar-refractivity contribution >= 4 is 45.7 Å². The molecule has 0 saturated carbocycles. The van der Waals surface area contributed by atoms with Crippen LogP contribution < -0.4 is 4.74 Å². The highest BCUT2D eigenvalue weighted by Crippen LogP contribution is 2.35. The molecule has 0 unspecified atom stereocenters. The molecule has 3 aromatic rings. The Hall–Kier alpha value is -3.59. The van der Waals surface area contributed by atoms with Gasteiger partial charge in [0.2, 0.25) is 5.91 Å². The largest absolute Gasteiger partial charge is 0.492 e. The molecule has 198 valence electrons. The average Bonchev–Trinajstić information content (AvgIpc) is 2.92. The first-order valence-electron chi connectivity index (χ1n) is 12.4. The lowest BCUT2D eigenvalue weighted by Gasteiger charge is -2.18. The Morgan fingerprint density at radius 3 is 2.05 bits per heavy atom. The number of carboxylic acid groups (broad SMARTS) is 1. The maximum Gasteiger partial charge on any atom is 0.407 e. The zero-order valence-corrected chi connectivity index (χ0v) is 24.1. The molecule has 0 aromatic heterocycles. The van der Waals surface area contributed by atoms with E-state index in [0.29, 0.717) is 5.75 Å². The van der Waals surface area contributed by atoms with Gasteiger partial charge in [0.1, 0.15) is 12.4 Å². The van der Waals surface area contributed by atoms with Crippen LogP contribution in [0.15, 0.2) is 91.0 Å². The van der Waals surface area contributed by atoms with E-state index in [-0.39, 0.29) is 25.6 Å². The van der Waals surface area contributed by atoms with Gasteiger partial charge in [0.25, 0.3) is 0 Å². The molecular formula is C31H33IN2O4. The SMILES string of the molecule is CCC(=C(c1ccc(I)cc1)c1ccc(OCCN(CC=CC(=O)N(C)C)C(=O)O)cc1)c1ccccc1. The standard InChI is InChI=1S/C31H33IN2O4/c1-4-28(23-9-6-5-7-10-23)30(24-12-16-26(32)17-13-24)25-14-18-27(19-15-25)38-22-21-34(31(36)37)20-8-11-29(35)33(2)3/h5-19H,4,20-22H2,1-3H3,(H,36,37). The minimum atomic E-state index is -1.06. The Kier molecular flexibility index (Phi) is 11.0. The third-order valence-electron chi connectivity index (χ3n) is 5.98. The molecule has 0 saturated heterocycles. The average molecular weight is 625 g/mol. The fraction of sp³-hybridized carbons (Fsp3) is 0.226. The Balaban J connectivity index is 1.77. The zero-order valence-electron chi connectivity index (χ0n) is 21.9. The van der Waals surface area contributed by atoms with Crippen molar-refractivity contribution < 1.29 is 19.4 Å². The summed E-state index contributed by atoms with van der Waals surface area (Å²) >= 11 is 2.32. The van der Waals surface area contributed by atoms with Crippen LogP contribution in [0.1, 0.15) is 30.0 Å². The van der Waals surface area contributed by atoms with Crippen molar-refractivity contribution in [1.82, 2.24) is 9.80 Å². The van der Waals surface area contributed by atoms with E-state index in [4.69, 9.17) is 4.74 Å². The molecule has 0 radical (unpaired) electrons. The number of hydrogen-bond acceptors (Lipinski definition) is 3. The summed E-state index contributed by atoms with van der Waals surface area (Å²) in [7, 11) is 3.29. The molecule has 3 rings (SSSR count). The fourth-order valence-corrected chi connectivity index (χ4v) is 4.34. The molecule has 3 aromatic carbocycles. The van der Waals surface area contributed by atoms with Crippen LogP contribution in [0.5, 0.6) is 5.75 Å². The van der Waals surface area contributed by atoms with Crippen molar-refractivity contribution in [2.75, 3.05) is 33.8 Å². The molecule has 0 aliphatic rings. The van der Waals surface area contributed by atoms with Crippen LogP contribution >= 0.6 is 22.6 Å². The van der Waals surface area contributed by atoms with Crippen LogP contribution in [0.3, 0.4) is 0 Å². The van der Waals surface area contributed by atoms with E-state index in [9.17, 15) is 14.7 Å². The number of nitrogens with zero attached hydrogens (tertiary/aromatic N) is 2. The fourth-order valence-electron chi connectivity index (χ4n) is 3.98. The van der Waals surface area contributed by atoms with Gasteiger partial charge in [-0.15, -0.1) is 0 Å². The van der Waals surface area contributed by atoms with Crippen LogP contribution in [0.25, 0.3) is 11.1 Å². The number of carbonyl (C=O) groups excluding carboxylic acids is 1. The molecule has 0 atom stereocenters. The number of benzene rings is 3. The van der Waals surface area contributed by atoms with Crippen molar-refractivity contribution in [2.24, 2.45) is 0 Å².